The number of benzene rings is 1. The minimum Gasteiger partial charge on any atom is -0.459 e. The molecule has 1 amide bonds. The van der Waals surface area contributed by atoms with Gasteiger partial charge in [-0.25, -0.2) is 4.98 Å². The first-order chi connectivity index (χ1) is 14.2. The van der Waals surface area contributed by atoms with Crippen LogP contribution in [0.5, 0.6) is 0 Å². The Morgan fingerprint density at radius 3 is 2.63 bits per heavy atom. The number of hydrogen-bond acceptors (Lipinski definition) is 5. The van der Waals surface area contributed by atoms with Crippen LogP contribution in [-0.2, 0) is 6.42 Å². The van der Waals surface area contributed by atoms with Crippen LogP contribution >= 0.6 is 35.3 Å². The Hall–Kier alpha value is -2.14. The number of halogens is 1. The fourth-order valence-electron chi connectivity index (χ4n) is 3.48. The lowest BCUT2D eigenvalue weighted by Crippen LogP contribution is -2.53. The number of nitrogens with one attached hydrogen (secondary N) is 1. The molecular formula is C21H26IN5O2S. The number of guanidine groups is 1. The summed E-state index contributed by atoms with van der Waals surface area (Å²) in [6.45, 7) is 3.67. The van der Waals surface area contributed by atoms with Gasteiger partial charge in [-0.05, 0) is 30.7 Å². The quantitative estimate of drug-likeness (QED) is 0.233. The number of amides is 1. The molecule has 1 fully saturated rings. The van der Waals surface area contributed by atoms with E-state index in [1.165, 1.54) is 16.0 Å². The van der Waals surface area contributed by atoms with Crippen molar-refractivity contribution >= 4 is 57.4 Å². The number of piperazine rings is 1. The number of aliphatic imine (C=N–C) groups is 1. The molecule has 3 heterocycles. The van der Waals surface area contributed by atoms with Crippen LogP contribution in [0.3, 0.4) is 0 Å². The second-order valence-corrected chi connectivity index (χ2v) is 8.02. The number of carbonyl (C=O) groups is 1. The number of fused-ring (bicyclic) bond motifs is 1. The van der Waals surface area contributed by atoms with Gasteiger partial charge in [-0.15, -0.1) is 35.3 Å². The highest BCUT2D eigenvalue weighted by Gasteiger charge is 2.25. The summed E-state index contributed by atoms with van der Waals surface area (Å²) in [6.07, 6.45) is 3.48. The molecule has 4 rings (SSSR count). The Bertz CT molecular complexity index is 947. The lowest BCUT2D eigenvalue weighted by Gasteiger charge is -2.36. The van der Waals surface area contributed by atoms with E-state index in [4.69, 9.17) is 9.40 Å². The van der Waals surface area contributed by atoms with E-state index in [9.17, 15) is 4.79 Å². The van der Waals surface area contributed by atoms with E-state index in [-0.39, 0.29) is 29.9 Å². The number of carbonyl (C=O) groups excluding carboxylic acids is 1. The first kappa shape index (κ1) is 22.5. The van der Waals surface area contributed by atoms with Crippen molar-refractivity contribution < 1.29 is 9.21 Å². The molecule has 9 heteroatoms. The smallest absolute Gasteiger partial charge is 0.289 e. The average molecular weight is 539 g/mol. The molecule has 0 saturated carbocycles. The zero-order chi connectivity index (χ0) is 20.1. The van der Waals surface area contributed by atoms with E-state index in [1.54, 1.807) is 30.5 Å². The molecule has 0 atom stereocenters. The van der Waals surface area contributed by atoms with E-state index >= 15 is 0 Å². The van der Waals surface area contributed by atoms with Crippen molar-refractivity contribution in [1.82, 2.24) is 20.1 Å². The molecule has 1 saturated heterocycles. The van der Waals surface area contributed by atoms with Crippen LogP contribution in [0.4, 0.5) is 0 Å². The van der Waals surface area contributed by atoms with E-state index < -0.39 is 0 Å². The van der Waals surface area contributed by atoms with E-state index in [0.29, 0.717) is 18.8 Å². The Morgan fingerprint density at radius 1 is 1.17 bits per heavy atom. The van der Waals surface area contributed by atoms with E-state index in [2.05, 4.69) is 33.4 Å². The van der Waals surface area contributed by atoms with Gasteiger partial charge >= 0.3 is 0 Å². The Kier molecular flexibility index (Phi) is 8.08. The first-order valence-electron chi connectivity index (χ1n) is 9.87. The van der Waals surface area contributed by atoms with Gasteiger partial charge in [-0.2, -0.15) is 0 Å². The molecule has 0 radical (unpaired) electrons. The molecule has 7 nitrogen and oxygen atoms in total. The molecule has 0 bridgehead atoms. The van der Waals surface area contributed by atoms with Gasteiger partial charge in [0, 0.05) is 46.2 Å². The molecule has 0 unspecified atom stereocenters. The summed E-state index contributed by atoms with van der Waals surface area (Å²) in [5.74, 6) is 1.24. The predicted molar refractivity (Wildman–Crippen MR) is 131 cm³/mol. The van der Waals surface area contributed by atoms with Crippen LogP contribution in [0.15, 0.2) is 52.1 Å². The zero-order valence-electron chi connectivity index (χ0n) is 16.9. The lowest BCUT2D eigenvalue weighted by atomic mass is 10.3. The third-order valence-corrected chi connectivity index (χ3v) is 6.10. The van der Waals surface area contributed by atoms with Gasteiger partial charge in [0.25, 0.3) is 5.91 Å². The highest BCUT2D eigenvalue weighted by Crippen LogP contribution is 2.22. The fraction of sp³-hybridized carbons (Fsp3) is 0.381. The average Bonchev–Trinajstić information content (AvgIpc) is 3.43. The van der Waals surface area contributed by atoms with Crippen LogP contribution in [0.25, 0.3) is 10.2 Å². The largest absolute Gasteiger partial charge is 0.459 e. The highest BCUT2D eigenvalue weighted by atomic mass is 127. The van der Waals surface area contributed by atoms with Crippen LogP contribution in [0.2, 0.25) is 0 Å². The van der Waals surface area contributed by atoms with Gasteiger partial charge in [0.1, 0.15) is 0 Å². The maximum Gasteiger partial charge on any atom is 0.289 e. The summed E-state index contributed by atoms with van der Waals surface area (Å²) in [5, 5.41) is 4.62. The summed E-state index contributed by atoms with van der Waals surface area (Å²) in [7, 11) is 1.80. The van der Waals surface area contributed by atoms with E-state index in [1.807, 2.05) is 11.0 Å². The molecule has 1 aromatic carbocycles. The Balaban J connectivity index is 0.00000256. The third kappa shape index (κ3) is 5.31. The van der Waals surface area contributed by atoms with Crippen molar-refractivity contribution in [2.45, 2.75) is 12.8 Å². The van der Waals surface area contributed by atoms with Crippen molar-refractivity contribution in [2.75, 3.05) is 39.8 Å². The minimum absolute atomic E-state index is 0. The summed E-state index contributed by atoms with van der Waals surface area (Å²) >= 11 is 1.77. The number of aromatic nitrogens is 1. The molecule has 160 valence electrons. The SMILES string of the molecule is CN=C(NCCCc1nc2ccccc2s1)N1CCN(C(=O)c2ccco2)CC1.I. The number of hydrogen-bond donors (Lipinski definition) is 1. The van der Waals surface area contributed by atoms with Gasteiger partial charge in [0.15, 0.2) is 11.7 Å². The molecule has 2 aromatic heterocycles. The molecule has 1 aliphatic heterocycles. The summed E-state index contributed by atoms with van der Waals surface area (Å²) in [4.78, 5) is 25.5. The predicted octanol–water partition coefficient (Wildman–Crippen LogP) is 3.47. The van der Waals surface area contributed by atoms with Crippen molar-refractivity contribution in [3.05, 3.63) is 53.4 Å². The number of nitrogens with zero attached hydrogens (tertiary/aromatic N) is 4. The maximum atomic E-state index is 12.4. The molecule has 30 heavy (non-hydrogen) atoms. The number of furan rings is 1. The van der Waals surface area contributed by atoms with Crippen LogP contribution < -0.4 is 5.32 Å². The Labute approximate surface area is 197 Å². The number of thiazole rings is 1. The Morgan fingerprint density at radius 2 is 1.93 bits per heavy atom. The topological polar surface area (TPSA) is 74.0 Å². The normalized spacial score (nSPS) is 14.6. The zero-order valence-corrected chi connectivity index (χ0v) is 20.1. The van der Waals surface area contributed by atoms with Gasteiger partial charge in [-0.1, -0.05) is 12.1 Å². The second kappa shape index (κ2) is 10.8. The van der Waals surface area contributed by atoms with Crippen molar-refractivity contribution in [3.63, 3.8) is 0 Å². The molecule has 0 aliphatic carbocycles. The number of rotatable bonds is 5. The van der Waals surface area contributed by atoms with Crippen molar-refractivity contribution in [2.24, 2.45) is 4.99 Å². The third-order valence-electron chi connectivity index (χ3n) is 5.00. The second-order valence-electron chi connectivity index (χ2n) is 6.91. The van der Waals surface area contributed by atoms with Crippen molar-refractivity contribution in [3.8, 4) is 0 Å². The molecule has 1 aliphatic rings. The molecule has 0 spiro atoms. The lowest BCUT2D eigenvalue weighted by molar-refractivity contribution is 0.0658. The molecular weight excluding hydrogens is 513 g/mol. The van der Waals surface area contributed by atoms with Gasteiger partial charge in [0.2, 0.25) is 0 Å². The highest BCUT2D eigenvalue weighted by molar-refractivity contribution is 14.0. The van der Waals surface area contributed by atoms with Crippen LogP contribution in [0.1, 0.15) is 22.0 Å². The molecule has 1 N–H and O–H groups in total. The standard InChI is InChI=1S/C21H25N5O2S.HI/c1-22-21(23-10-4-9-19-24-16-6-2-3-8-18(16)29-19)26-13-11-25(12-14-26)20(27)17-7-5-15-28-17;/h2-3,5-8,15H,4,9-14H2,1H3,(H,22,23);1H. The minimum atomic E-state index is -0.0477. The summed E-state index contributed by atoms with van der Waals surface area (Å²) in [5.41, 5.74) is 1.08. The monoisotopic (exact) mass is 539 g/mol. The first-order valence-corrected chi connectivity index (χ1v) is 10.7. The van der Waals surface area contributed by atoms with Gasteiger partial charge in [0.05, 0.1) is 21.5 Å². The van der Waals surface area contributed by atoms with Gasteiger partial charge in [-0.3, -0.25) is 9.79 Å². The molecule has 3 aromatic rings. The summed E-state index contributed by atoms with van der Waals surface area (Å²) in [6, 6.07) is 11.7. The van der Waals surface area contributed by atoms with Crippen LogP contribution in [-0.4, -0.2) is 66.4 Å². The van der Waals surface area contributed by atoms with Crippen LogP contribution in [0, 0.1) is 0 Å². The summed E-state index contributed by atoms with van der Waals surface area (Å²) < 4.78 is 6.46. The van der Waals surface area contributed by atoms with Gasteiger partial charge < -0.3 is 19.5 Å². The van der Waals surface area contributed by atoms with Crippen molar-refractivity contribution in [1.29, 1.82) is 0 Å². The number of para-hydroxylation sites is 1. The van der Waals surface area contributed by atoms with E-state index in [0.717, 1.165) is 44.0 Å². The number of aryl methyl sites for hydroxylation is 1. The maximum absolute atomic E-state index is 12.4. The fourth-order valence-corrected chi connectivity index (χ4v) is 4.49.